The number of ether oxygens (including phenoxy) is 1. The van der Waals surface area contributed by atoms with E-state index in [0.717, 1.165) is 29.1 Å². The minimum Gasteiger partial charge on any atom is -0.497 e. The molecule has 0 aliphatic heterocycles. The van der Waals surface area contributed by atoms with Crippen LogP contribution in [0.5, 0.6) is 5.75 Å². The predicted molar refractivity (Wildman–Crippen MR) is 103 cm³/mol. The highest BCUT2D eigenvalue weighted by Crippen LogP contribution is 2.34. The van der Waals surface area contributed by atoms with E-state index in [-0.39, 0.29) is 16.8 Å². The van der Waals surface area contributed by atoms with Crippen molar-refractivity contribution in [2.24, 2.45) is 0 Å². The maximum absolute atomic E-state index is 12.6. The molecule has 1 unspecified atom stereocenters. The Labute approximate surface area is 153 Å². The zero-order chi connectivity index (χ0) is 18.1. The minimum atomic E-state index is 0.0746. The lowest BCUT2D eigenvalue weighted by molar-refractivity contribution is -0.117. The van der Waals surface area contributed by atoms with E-state index in [4.69, 9.17) is 4.74 Å². The van der Waals surface area contributed by atoms with Crippen LogP contribution in [0.25, 0.3) is 0 Å². The quantitative estimate of drug-likeness (QED) is 0.438. The van der Waals surface area contributed by atoms with E-state index in [0.29, 0.717) is 12.8 Å². The number of hydrogen-bond acceptors (Lipinski definition) is 4. The number of rotatable bonds is 10. The normalized spacial score (nSPS) is 11.8. The van der Waals surface area contributed by atoms with Gasteiger partial charge in [0.05, 0.1) is 7.11 Å². The molecule has 4 heteroatoms. The van der Waals surface area contributed by atoms with Crippen molar-refractivity contribution >= 4 is 23.3 Å². The van der Waals surface area contributed by atoms with E-state index >= 15 is 0 Å². The summed E-state index contributed by atoms with van der Waals surface area (Å²) in [5.74, 6) is 2.01. The van der Waals surface area contributed by atoms with Crippen LogP contribution in [-0.4, -0.2) is 24.4 Å². The number of carbonyl (C=O) groups excluding carboxylic acids is 2. The van der Waals surface area contributed by atoms with E-state index in [1.165, 1.54) is 0 Å². The van der Waals surface area contributed by atoms with Gasteiger partial charge in [0.25, 0.3) is 0 Å². The minimum absolute atomic E-state index is 0.0746. The van der Waals surface area contributed by atoms with Gasteiger partial charge in [0.1, 0.15) is 11.5 Å². The first-order chi connectivity index (χ1) is 12.1. The predicted octanol–water partition coefficient (Wildman–Crippen LogP) is 5.11. The van der Waals surface area contributed by atoms with Crippen molar-refractivity contribution in [3.63, 3.8) is 0 Å². The van der Waals surface area contributed by atoms with Gasteiger partial charge in [-0.2, -0.15) is 11.8 Å². The lowest BCUT2D eigenvalue weighted by atomic mass is 10.0. The molecule has 0 spiro atoms. The molecule has 0 heterocycles. The summed E-state index contributed by atoms with van der Waals surface area (Å²) in [6.45, 7) is 1.62. The molecular formula is C21H24O3S. The van der Waals surface area contributed by atoms with Crippen molar-refractivity contribution in [1.29, 1.82) is 0 Å². The third-order valence-electron chi connectivity index (χ3n) is 3.95. The molecule has 2 aromatic rings. The van der Waals surface area contributed by atoms with Gasteiger partial charge < -0.3 is 9.53 Å². The van der Waals surface area contributed by atoms with Crippen LogP contribution in [0.1, 0.15) is 47.4 Å². The van der Waals surface area contributed by atoms with Gasteiger partial charge in [-0.1, -0.05) is 42.5 Å². The Morgan fingerprint density at radius 1 is 1.04 bits per heavy atom. The number of ketones is 2. The number of carbonyl (C=O) groups is 2. The number of hydrogen-bond donors (Lipinski definition) is 0. The molecule has 0 radical (unpaired) electrons. The number of benzene rings is 2. The summed E-state index contributed by atoms with van der Waals surface area (Å²) < 4.78 is 5.21. The van der Waals surface area contributed by atoms with Gasteiger partial charge >= 0.3 is 0 Å². The van der Waals surface area contributed by atoms with Crippen LogP contribution in [0.2, 0.25) is 0 Å². The Balaban J connectivity index is 2.07. The fourth-order valence-corrected chi connectivity index (χ4v) is 3.76. The molecule has 0 saturated carbocycles. The highest BCUT2D eigenvalue weighted by Gasteiger charge is 2.18. The van der Waals surface area contributed by atoms with E-state index in [9.17, 15) is 9.59 Å². The van der Waals surface area contributed by atoms with E-state index in [1.807, 2.05) is 54.6 Å². The molecule has 132 valence electrons. The molecule has 2 aromatic carbocycles. The summed E-state index contributed by atoms with van der Waals surface area (Å²) in [5, 5.41) is 0.0746. The average Bonchev–Trinajstić information content (AvgIpc) is 2.64. The van der Waals surface area contributed by atoms with Gasteiger partial charge in [-0.05, 0) is 36.8 Å². The summed E-state index contributed by atoms with van der Waals surface area (Å²) in [5.41, 5.74) is 1.85. The second-order valence-corrected chi connectivity index (χ2v) is 7.24. The van der Waals surface area contributed by atoms with Crippen LogP contribution in [0.3, 0.4) is 0 Å². The van der Waals surface area contributed by atoms with Crippen molar-refractivity contribution in [2.75, 3.05) is 12.9 Å². The Bertz CT molecular complexity index is 680. The van der Waals surface area contributed by atoms with Crippen LogP contribution in [-0.2, 0) is 4.79 Å². The average molecular weight is 356 g/mol. The summed E-state index contributed by atoms with van der Waals surface area (Å²) in [6.07, 6.45) is 1.88. The van der Waals surface area contributed by atoms with Gasteiger partial charge in [0, 0.05) is 23.7 Å². The van der Waals surface area contributed by atoms with Crippen LogP contribution in [0, 0.1) is 0 Å². The number of thioether (sulfide) groups is 1. The van der Waals surface area contributed by atoms with E-state index < -0.39 is 0 Å². The summed E-state index contributed by atoms with van der Waals surface area (Å²) in [6, 6.07) is 17.3. The summed E-state index contributed by atoms with van der Waals surface area (Å²) in [4.78, 5) is 23.7. The Morgan fingerprint density at radius 3 is 2.32 bits per heavy atom. The monoisotopic (exact) mass is 356 g/mol. The van der Waals surface area contributed by atoms with Crippen LogP contribution < -0.4 is 4.74 Å². The van der Waals surface area contributed by atoms with Gasteiger partial charge in [0.15, 0.2) is 5.78 Å². The van der Waals surface area contributed by atoms with Crippen molar-refractivity contribution < 1.29 is 14.3 Å². The maximum atomic E-state index is 12.6. The van der Waals surface area contributed by atoms with Crippen molar-refractivity contribution in [3.05, 3.63) is 65.7 Å². The molecule has 0 saturated heterocycles. The SMILES string of the molecule is COc1ccc(C(CC(=O)c2ccccc2)SCCCC(C)=O)cc1. The second kappa shape index (κ2) is 10.0. The lowest BCUT2D eigenvalue weighted by Crippen LogP contribution is -2.06. The van der Waals surface area contributed by atoms with Crippen LogP contribution >= 0.6 is 11.8 Å². The van der Waals surface area contributed by atoms with Gasteiger partial charge in [-0.25, -0.2) is 0 Å². The van der Waals surface area contributed by atoms with E-state index in [2.05, 4.69) is 0 Å². The Morgan fingerprint density at radius 2 is 1.72 bits per heavy atom. The molecule has 0 amide bonds. The van der Waals surface area contributed by atoms with Gasteiger partial charge in [0.2, 0.25) is 0 Å². The molecule has 0 N–H and O–H groups in total. The number of Topliss-reactive ketones (excluding diaryl/α,β-unsaturated/α-hetero) is 2. The third-order valence-corrected chi connectivity index (χ3v) is 5.31. The smallest absolute Gasteiger partial charge is 0.164 e. The second-order valence-electron chi connectivity index (χ2n) is 5.93. The molecular weight excluding hydrogens is 332 g/mol. The van der Waals surface area contributed by atoms with Gasteiger partial charge in [-0.15, -0.1) is 0 Å². The molecule has 0 bridgehead atoms. The maximum Gasteiger partial charge on any atom is 0.164 e. The third kappa shape index (κ3) is 6.39. The molecule has 0 aliphatic carbocycles. The van der Waals surface area contributed by atoms with Crippen LogP contribution in [0.15, 0.2) is 54.6 Å². The molecule has 3 nitrogen and oxygen atoms in total. The summed E-state index contributed by atoms with van der Waals surface area (Å²) >= 11 is 1.74. The largest absolute Gasteiger partial charge is 0.497 e. The zero-order valence-electron chi connectivity index (χ0n) is 14.7. The zero-order valence-corrected chi connectivity index (χ0v) is 15.6. The van der Waals surface area contributed by atoms with Crippen LogP contribution in [0.4, 0.5) is 0 Å². The fourth-order valence-electron chi connectivity index (χ4n) is 2.55. The Hall–Kier alpha value is -2.07. The van der Waals surface area contributed by atoms with E-state index in [1.54, 1.807) is 25.8 Å². The molecule has 0 aliphatic rings. The molecule has 25 heavy (non-hydrogen) atoms. The highest BCUT2D eigenvalue weighted by atomic mass is 32.2. The Kier molecular flexibility index (Phi) is 7.74. The molecule has 2 rings (SSSR count). The lowest BCUT2D eigenvalue weighted by Gasteiger charge is -2.17. The van der Waals surface area contributed by atoms with Crippen molar-refractivity contribution in [1.82, 2.24) is 0 Å². The molecule has 0 fully saturated rings. The topological polar surface area (TPSA) is 43.4 Å². The number of methoxy groups -OCH3 is 1. The first-order valence-electron chi connectivity index (χ1n) is 8.43. The van der Waals surface area contributed by atoms with Crippen molar-refractivity contribution in [2.45, 2.75) is 31.4 Å². The van der Waals surface area contributed by atoms with Gasteiger partial charge in [-0.3, -0.25) is 4.79 Å². The summed E-state index contributed by atoms with van der Waals surface area (Å²) in [7, 11) is 1.64. The first kappa shape index (κ1) is 19.3. The standard InChI is InChI=1S/C21H24O3S/c1-16(22)7-6-14-25-21(18-10-12-19(24-2)13-11-18)15-20(23)17-8-4-3-5-9-17/h3-5,8-13,21H,6-7,14-15H2,1-2H3. The highest BCUT2D eigenvalue weighted by molar-refractivity contribution is 7.99. The molecule has 0 aromatic heterocycles. The molecule has 1 atom stereocenters. The fraction of sp³-hybridized carbons (Fsp3) is 0.333. The van der Waals surface area contributed by atoms with Crippen molar-refractivity contribution in [3.8, 4) is 5.75 Å². The first-order valence-corrected chi connectivity index (χ1v) is 9.48.